The minimum Gasteiger partial charge on any atom is -0.188 e. The Morgan fingerprint density at radius 3 is 1.61 bits per heavy atom. The highest BCUT2D eigenvalue weighted by Gasteiger charge is 2.74. The van der Waals surface area contributed by atoms with Crippen LogP contribution in [-0.4, -0.2) is 0 Å². The van der Waals surface area contributed by atoms with Crippen molar-refractivity contribution < 1.29 is 11.9 Å². The zero-order valence-electron chi connectivity index (χ0n) is 17.4. The van der Waals surface area contributed by atoms with Crippen LogP contribution in [0.15, 0.2) is 97.3 Å². The van der Waals surface area contributed by atoms with Crippen LogP contribution in [0.2, 0.25) is 0 Å². The molecule has 4 heterocycles. The van der Waals surface area contributed by atoms with Crippen LogP contribution in [0.5, 0.6) is 0 Å². The first-order valence-corrected chi connectivity index (χ1v) is 9.88. The van der Waals surface area contributed by atoms with Crippen molar-refractivity contribution in [2.45, 2.75) is 23.9 Å². The van der Waals surface area contributed by atoms with Gasteiger partial charge in [0, 0.05) is 35.4 Å². The summed E-state index contributed by atoms with van der Waals surface area (Å²) in [4.78, 5) is 0. The molecule has 0 saturated heterocycles. The number of nitrogens with zero attached hydrogens (tertiary/aromatic N) is 2. The van der Waals surface area contributed by atoms with Crippen LogP contribution in [-0.2, 0) is 11.1 Å². The van der Waals surface area contributed by atoms with Gasteiger partial charge in [-0.25, -0.2) is 0 Å². The van der Waals surface area contributed by atoms with E-state index in [9.17, 15) is 0 Å². The fourth-order valence-electron chi connectivity index (χ4n) is 6.06. The molecule has 0 amide bonds. The van der Waals surface area contributed by atoms with Crippen LogP contribution in [0.25, 0.3) is 22.5 Å². The molecule has 1 fully saturated rings. The molecular formula is C26H20N2+2. The monoisotopic (exact) mass is 364 g/mol. The maximum absolute atomic E-state index is 8.15. The van der Waals surface area contributed by atoms with Gasteiger partial charge in [0.05, 0.1) is 26.7 Å². The molecule has 2 heteroatoms. The molecule has 2 aliphatic heterocycles. The average molecular weight is 364 g/mol. The predicted octanol–water partition coefficient (Wildman–Crippen LogP) is 4.20. The van der Waals surface area contributed by atoms with E-state index in [1.165, 1.54) is 33.6 Å². The molecule has 0 unspecified atom stereocenters. The van der Waals surface area contributed by atoms with Crippen molar-refractivity contribution in [2.24, 2.45) is 0 Å². The van der Waals surface area contributed by atoms with Gasteiger partial charge in [-0.1, -0.05) is 36.4 Å². The second kappa shape index (κ2) is 4.77. The zero-order valence-corrected chi connectivity index (χ0v) is 15.4. The minimum absolute atomic E-state index is 0.0962. The number of hydrogen-bond acceptors (Lipinski definition) is 0. The SMILES string of the molecule is [3H]c1ccc2c(c1)-c1cccc[n+]1C21CC2(C1)c1ccc([3H])cc1-c1cccc[n+]12. The van der Waals surface area contributed by atoms with Gasteiger partial charge < -0.3 is 0 Å². The largest absolute Gasteiger partial charge is 0.213 e. The van der Waals surface area contributed by atoms with E-state index in [0.29, 0.717) is 12.1 Å². The highest BCUT2D eigenvalue weighted by atomic mass is 15.2. The van der Waals surface area contributed by atoms with Gasteiger partial charge in [0.15, 0.2) is 12.4 Å². The van der Waals surface area contributed by atoms with E-state index in [1.54, 1.807) is 0 Å². The molecule has 1 aliphatic carbocycles. The van der Waals surface area contributed by atoms with Crippen molar-refractivity contribution in [3.05, 3.63) is 108 Å². The fourth-order valence-corrected chi connectivity index (χ4v) is 6.06. The average Bonchev–Trinajstić information content (AvgIpc) is 3.18. The normalized spacial score (nSPS) is 26.1. The molecule has 2 spiro atoms. The highest BCUT2D eigenvalue weighted by Crippen LogP contribution is 2.60. The summed E-state index contributed by atoms with van der Waals surface area (Å²) in [6, 6.07) is 26.1. The topological polar surface area (TPSA) is 7.76 Å². The van der Waals surface area contributed by atoms with Crippen molar-refractivity contribution in [1.82, 2.24) is 0 Å². The molecule has 0 N–H and O–H groups in total. The first kappa shape index (κ1) is 13.0. The van der Waals surface area contributed by atoms with E-state index < -0.39 is 0 Å². The Hall–Kier alpha value is -3.26. The van der Waals surface area contributed by atoms with Crippen molar-refractivity contribution in [3.8, 4) is 22.5 Å². The first-order valence-electron chi connectivity index (χ1n) is 10.9. The third kappa shape index (κ3) is 1.50. The van der Waals surface area contributed by atoms with Gasteiger partial charge in [-0.2, -0.15) is 9.13 Å². The third-order valence-electron chi connectivity index (χ3n) is 7.09. The van der Waals surface area contributed by atoms with E-state index in [1.807, 2.05) is 24.3 Å². The lowest BCUT2D eigenvalue weighted by molar-refractivity contribution is -0.824. The number of rotatable bonds is 0. The highest BCUT2D eigenvalue weighted by molar-refractivity contribution is 5.70. The Balaban J connectivity index is 1.47. The number of pyridine rings is 2. The standard InChI is InChI=1S/C26H20N2/c1-3-11-21-19(9-1)23-13-5-7-15-27(23)25(21)17-26(18-25)22-12-4-2-10-20(22)24-14-6-8-16-28(24)26/h1-16H,17-18H2/q+2/i1T,2T. The maximum atomic E-state index is 8.15. The Labute approximate surface area is 167 Å². The molecule has 0 bridgehead atoms. The van der Waals surface area contributed by atoms with E-state index in [-0.39, 0.29) is 11.1 Å². The number of benzene rings is 2. The summed E-state index contributed by atoms with van der Waals surface area (Å²) in [6.45, 7) is 0. The summed E-state index contributed by atoms with van der Waals surface area (Å²) in [6.07, 6.45) is 6.34. The fraction of sp³-hybridized carbons (Fsp3) is 0.154. The van der Waals surface area contributed by atoms with Gasteiger partial charge in [0.1, 0.15) is 0 Å². The summed E-state index contributed by atoms with van der Waals surface area (Å²) >= 11 is 0. The second-order valence-corrected chi connectivity index (χ2v) is 8.27. The number of hydrogen-bond donors (Lipinski definition) is 0. The van der Waals surface area contributed by atoms with E-state index >= 15 is 0 Å². The lowest BCUT2D eigenvalue weighted by Crippen LogP contribution is -2.74. The van der Waals surface area contributed by atoms with E-state index in [0.717, 1.165) is 12.8 Å². The van der Waals surface area contributed by atoms with Crippen LogP contribution in [0, 0.1) is 0 Å². The van der Waals surface area contributed by atoms with Gasteiger partial charge in [-0.3, -0.25) is 0 Å². The second-order valence-electron chi connectivity index (χ2n) is 8.27. The minimum atomic E-state index is -0.0962. The summed E-state index contributed by atoms with van der Waals surface area (Å²) in [5.74, 6) is 0. The molecule has 7 rings (SSSR count). The van der Waals surface area contributed by atoms with Gasteiger partial charge in [-0.15, -0.1) is 0 Å². The van der Waals surface area contributed by atoms with Crippen LogP contribution < -0.4 is 9.13 Å². The Kier molecular flexibility index (Phi) is 2.22. The van der Waals surface area contributed by atoms with Crippen LogP contribution in [0.3, 0.4) is 0 Å². The van der Waals surface area contributed by atoms with Gasteiger partial charge in [0.25, 0.3) is 0 Å². The zero-order chi connectivity index (χ0) is 20.1. The molecule has 2 nitrogen and oxygen atoms in total. The van der Waals surface area contributed by atoms with E-state index in [4.69, 9.17) is 2.74 Å². The summed E-state index contributed by atoms with van der Waals surface area (Å²) in [5, 5.41) is 0. The molecule has 2 aromatic carbocycles. The summed E-state index contributed by atoms with van der Waals surface area (Å²) in [7, 11) is 0. The predicted molar refractivity (Wildman–Crippen MR) is 108 cm³/mol. The smallest absolute Gasteiger partial charge is 0.188 e. The molecule has 132 valence electrons. The van der Waals surface area contributed by atoms with Crippen molar-refractivity contribution in [1.29, 1.82) is 0 Å². The van der Waals surface area contributed by atoms with Gasteiger partial charge >= 0.3 is 0 Å². The molecule has 2 aromatic heterocycles. The third-order valence-corrected chi connectivity index (χ3v) is 7.09. The lowest BCUT2D eigenvalue weighted by atomic mass is 9.57. The maximum Gasteiger partial charge on any atom is 0.213 e. The lowest BCUT2D eigenvalue weighted by Gasteiger charge is -2.45. The van der Waals surface area contributed by atoms with Crippen LogP contribution in [0.1, 0.15) is 26.7 Å². The number of fused-ring (bicyclic) bond motifs is 10. The van der Waals surface area contributed by atoms with Crippen molar-refractivity contribution >= 4 is 0 Å². The van der Waals surface area contributed by atoms with Crippen LogP contribution in [0.4, 0.5) is 0 Å². The molecule has 3 aliphatic rings. The molecule has 0 radical (unpaired) electrons. The summed E-state index contributed by atoms with van der Waals surface area (Å²) < 4.78 is 21.2. The van der Waals surface area contributed by atoms with Gasteiger partial charge in [-0.05, 0) is 24.3 Å². The molecule has 0 atom stereocenters. The quantitative estimate of drug-likeness (QED) is 0.413. The van der Waals surface area contributed by atoms with Gasteiger partial charge in [0.2, 0.25) is 22.5 Å². The van der Waals surface area contributed by atoms with Crippen LogP contribution >= 0.6 is 0 Å². The molecule has 1 saturated carbocycles. The Morgan fingerprint density at radius 2 is 1.11 bits per heavy atom. The van der Waals surface area contributed by atoms with Crippen molar-refractivity contribution in [3.63, 3.8) is 0 Å². The Morgan fingerprint density at radius 1 is 0.607 bits per heavy atom. The molecule has 28 heavy (non-hydrogen) atoms. The van der Waals surface area contributed by atoms with Crippen molar-refractivity contribution in [2.75, 3.05) is 0 Å². The Bertz CT molecular complexity index is 1280. The molecular weight excluding hydrogens is 340 g/mol. The first-order chi connectivity index (χ1) is 14.6. The summed E-state index contributed by atoms with van der Waals surface area (Å²) in [5.41, 5.74) is 7.26. The molecule has 4 aromatic rings. The van der Waals surface area contributed by atoms with E-state index in [2.05, 4.69) is 70.1 Å². The number of aromatic nitrogens is 2.